The van der Waals surface area contributed by atoms with Crippen molar-refractivity contribution < 1.29 is 14.3 Å². The third kappa shape index (κ3) is 3.78. The van der Waals surface area contributed by atoms with Crippen molar-refractivity contribution in [3.05, 3.63) is 70.8 Å². The van der Waals surface area contributed by atoms with E-state index in [0.29, 0.717) is 11.1 Å². The lowest BCUT2D eigenvalue weighted by Crippen LogP contribution is -2.13. The predicted molar refractivity (Wildman–Crippen MR) is 81.4 cm³/mol. The van der Waals surface area contributed by atoms with Gasteiger partial charge in [-0.1, -0.05) is 43.7 Å². The average Bonchev–Trinajstić information content (AvgIpc) is 2.48. The Morgan fingerprint density at radius 2 is 1.62 bits per heavy atom. The van der Waals surface area contributed by atoms with Gasteiger partial charge in [-0.15, -0.1) is 0 Å². The predicted octanol–water partition coefficient (Wildman–Crippen LogP) is 3.94. The zero-order valence-corrected chi connectivity index (χ0v) is 12.3. The maximum Gasteiger partial charge on any atom is 0.346 e. The molecule has 0 unspecified atom stereocenters. The second-order valence-corrected chi connectivity index (χ2v) is 4.94. The summed E-state index contributed by atoms with van der Waals surface area (Å²) in [6.07, 6.45) is 2.02. The van der Waals surface area contributed by atoms with Crippen LogP contribution in [0.4, 0.5) is 0 Å². The molecule has 2 rings (SSSR count). The molecule has 0 saturated carbocycles. The average molecular weight is 282 g/mol. The molecule has 0 aromatic heterocycles. The first-order valence-electron chi connectivity index (χ1n) is 7.03. The van der Waals surface area contributed by atoms with Gasteiger partial charge in [-0.05, 0) is 42.7 Å². The van der Waals surface area contributed by atoms with Crippen molar-refractivity contribution in [2.24, 2.45) is 0 Å². The van der Waals surface area contributed by atoms with Crippen LogP contribution in [0.2, 0.25) is 0 Å². The van der Waals surface area contributed by atoms with Crippen LogP contribution in [0, 0.1) is 6.92 Å². The van der Waals surface area contributed by atoms with Gasteiger partial charge >= 0.3 is 11.9 Å². The van der Waals surface area contributed by atoms with Crippen LogP contribution in [0.25, 0.3) is 0 Å². The van der Waals surface area contributed by atoms with E-state index >= 15 is 0 Å². The first-order valence-corrected chi connectivity index (χ1v) is 7.03. The fourth-order valence-electron chi connectivity index (χ4n) is 2.10. The van der Waals surface area contributed by atoms with E-state index in [4.69, 9.17) is 4.74 Å². The number of aryl methyl sites for hydroxylation is 2. The van der Waals surface area contributed by atoms with Gasteiger partial charge in [-0.3, -0.25) is 0 Å². The van der Waals surface area contributed by atoms with Crippen molar-refractivity contribution in [2.45, 2.75) is 26.7 Å². The van der Waals surface area contributed by atoms with Crippen molar-refractivity contribution in [1.29, 1.82) is 0 Å². The van der Waals surface area contributed by atoms with E-state index in [1.54, 1.807) is 37.3 Å². The van der Waals surface area contributed by atoms with Crippen LogP contribution in [-0.2, 0) is 11.2 Å². The molecular weight excluding hydrogens is 264 g/mol. The molecule has 0 radical (unpaired) electrons. The summed E-state index contributed by atoms with van der Waals surface area (Å²) in [6, 6.07) is 14.2. The molecule has 0 heterocycles. The van der Waals surface area contributed by atoms with E-state index in [9.17, 15) is 9.59 Å². The highest BCUT2D eigenvalue weighted by molar-refractivity contribution is 6.03. The molecule has 0 aliphatic rings. The first kappa shape index (κ1) is 15.0. The molecule has 0 fully saturated rings. The Hall–Kier alpha value is -2.42. The highest BCUT2D eigenvalue weighted by Crippen LogP contribution is 2.12. The minimum absolute atomic E-state index is 0.386. The van der Waals surface area contributed by atoms with Gasteiger partial charge in [-0.25, -0.2) is 9.59 Å². The first-order chi connectivity index (χ1) is 10.1. The monoisotopic (exact) mass is 282 g/mol. The van der Waals surface area contributed by atoms with Gasteiger partial charge in [0.05, 0.1) is 11.1 Å². The van der Waals surface area contributed by atoms with Gasteiger partial charge < -0.3 is 4.74 Å². The number of carbonyl (C=O) groups excluding carboxylic acids is 2. The molecule has 108 valence electrons. The van der Waals surface area contributed by atoms with E-state index in [1.807, 2.05) is 18.2 Å². The maximum absolute atomic E-state index is 12.0. The fourth-order valence-corrected chi connectivity index (χ4v) is 2.10. The van der Waals surface area contributed by atoms with E-state index in [2.05, 4.69) is 6.92 Å². The molecule has 0 N–H and O–H groups in total. The standard InChI is InChI=1S/C18H18O3/c1-3-6-14-9-11-15(12-10-14)17(19)21-18(20)16-8-5-4-7-13(16)2/h4-5,7-12H,3,6H2,1-2H3. The second-order valence-electron chi connectivity index (χ2n) is 4.94. The SMILES string of the molecule is CCCc1ccc(C(=O)OC(=O)c2ccccc2C)cc1. The van der Waals surface area contributed by atoms with Crippen molar-refractivity contribution in [3.8, 4) is 0 Å². The van der Waals surface area contributed by atoms with Crippen molar-refractivity contribution in [2.75, 3.05) is 0 Å². The normalized spacial score (nSPS) is 10.2. The van der Waals surface area contributed by atoms with E-state index in [-0.39, 0.29) is 0 Å². The molecule has 0 aliphatic carbocycles. The Morgan fingerprint density at radius 1 is 0.952 bits per heavy atom. The zero-order chi connectivity index (χ0) is 15.2. The van der Waals surface area contributed by atoms with Crippen LogP contribution in [0.3, 0.4) is 0 Å². The summed E-state index contributed by atoms with van der Waals surface area (Å²) in [7, 11) is 0. The Labute approximate surface area is 124 Å². The van der Waals surface area contributed by atoms with E-state index < -0.39 is 11.9 Å². The van der Waals surface area contributed by atoms with Crippen molar-refractivity contribution in [3.63, 3.8) is 0 Å². The van der Waals surface area contributed by atoms with Crippen LogP contribution in [0.5, 0.6) is 0 Å². The molecule has 0 aliphatic heterocycles. The summed E-state index contributed by atoms with van der Waals surface area (Å²) in [5.41, 5.74) is 2.75. The molecule has 3 heteroatoms. The molecule has 2 aromatic carbocycles. The molecule has 0 atom stereocenters. The summed E-state index contributed by atoms with van der Waals surface area (Å²) in [5.74, 6) is -1.23. The quantitative estimate of drug-likeness (QED) is 0.630. The smallest absolute Gasteiger partial charge is 0.346 e. The number of carbonyl (C=O) groups is 2. The zero-order valence-electron chi connectivity index (χ0n) is 12.3. The molecule has 0 saturated heterocycles. The molecule has 2 aromatic rings. The third-order valence-corrected chi connectivity index (χ3v) is 3.28. The highest BCUT2D eigenvalue weighted by atomic mass is 16.6. The van der Waals surface area contributed by atoms with Gasteiger partial charge in [0.2, 0.25) is 0 Å². The molecule has 0 spiro atoms. The van der Waals surface area contributed by atoms with E-state index in [0.717, 1.165) is 18.4 Å². The fraction of sp³-hybridized carbons (Fsp3) is 0.222. The van der Waals surface area contributed by atoms with Crippen LogP contribution >= 0.6 is 0 Å². The Kier molecular flexibility index (Phi) is 4.88. The van der Waals surface area contributed by atoms with Crippen molar-refractivity contribution in [1.82, 2.24) is 0 Å². The van der Waals surface area contributed by atoms with Crippen molar-refractivity contribution >= 4 is 11.9 Å². The Morgan fingerprint density at radius 3 is 2.24 bits per heavy atom. The maximum atomic E-state index is 12.0. The van der Waals surface area contributed by atoms with Gasteiger partial charge in [0.15, 0.2) is 0 Å². The van der Waals surface area contributed by atoms with Gasteiger partial charge in [0.25, 0.3) is 0 Å². The molecule has 0 amide bonds. The second kappa shape index (κ2) is 6.84. The number of hydrogen-bond acceptors (Lipinski definition) is 3. The summed E-state index contributed by atoms with van der Waals surface area (Å²) >= 11 is 0. The van der Waals surface area contributed by atoms with E-state index in [1.165, 1.54) is 5.56 Å². The van der Waals surface area contributed by atoms with Crippen LogP contribution in [0.15, 0.2) is 48.5 Å². The summed E-state index contributed by atoms with van der Waals surface area (Å²) in [6.45, 7) is 3.91. The lowest BCUT2D eigenvalue weighted by atomic mass is 10.1. The number of rotatable bonds is 4. The number of ether oxygens (including phenoxy) is 1. The van der Waals surface area contributed by atoms with Gasteiger partial charge in [0.1, 0.15) is 0 Å². The highest BCUT2D eigenvalue weighted by Gasteiger charge is 2.16. The lowest BCUT2D eigenvalue weighted by molar-refractivity contribution is 0.0397. The molecule has 21 heavy (non-hydrogen) atoms. The van der Waals surface area contributed by atoms with Crippen LogP contribution in [0.1, 0.15) is 45.2 Å². The third-order valence-electron chi connectivity index (χ3n) is 3.28. The molecule has 3 nitrogen and oxygen atoms in total. The topological polar surface area (TPSA) is 43.4 Å². The summed E-state index contributed by atoms with van der Waals surface area (Å²) < 4.78 is 4.93. The van der Waals surface area contributed by atoms with Crippen LogP contribution in [-0.4, -0.2) is 11.9 Å². The Bertz CT molecular complexity index is 642. The summed E-state index contributed by atoms with van der Waals surface area (Å²) in [4.78, 5) is 23.9. The number of benzene rings is 2. The molecular formula is C18H18O3. The summed E-state index contributed by atoms with van der Waals surface area (Å²) in [5, 5.41) is 0. The minimum atomic E-state index is -0.619. The lowest BCUT2D eigenvalue weighted by Gasteiger charge is -2.06. The van der Waals surface area contributed by atoms with Gasteiger partial charge in [0, 0.05) is 0 Å². The van der Waals surface area contributed by atoms with Crippen LogP contribution < -0.4 is 0 Å². The minimum Gasteiger partial charge on any atom is -0.386 e. The largest absolute Gasteiger partial charge is 0.386 e. The van der Waals surface area contributed by atoms with Gasteiger partial charge in [-0.2, -0.15) is 0 Å². The number of hydrogen-bond donors (Lipinski definition) is 0. The number of esters is 2. The molecule has 0 bridgehead atoms. The Balaban J connectivity index is 2.07.